The summed E-state index contributed by atoms with van der Waals surface area (Å²) in [6.07, 6.45) is 0. The van der Waals surface area contributed by atoms with E-state index in [1.54, 1.807) is 0 Å². The fraction of sp³-hybridized carbons (Fsp3) is 0.121. The highest BCUT2D eigenvalue weighted by Crippen LogP contribution is 2.50. The van der Waals surface area contributed by atoms with Gasteiger partial charge in [0.25, 0.3) is 0 Å². The molecule has 10 aromatic carbocycles. The normalized spacial score (nSPS) is 12.2. The minimum Gasteiger partial charge on any atom is -0.456 e. The van der Waals surface area contributed by atoms with E-state index in [0.717, 1.165) is 88.8 Å². The number of anilines is 3. The molecule has 0 fully saturated rings. The van der Waals surface area contributed by atoms with Gasteiger partial charge < -0.3 is 13.7 Å². The number of hydrogen-bond donors (Lipinski definition) is 0. The smallest absolute Gasteiger partial charge is 0.136 e. The zero-order chi connectivity index (χ0) is 47.0. The summed E-state index contributed by atoms with van der Waals surface area (Å²) in [5.74, 6) is 0. The molecule has 12 aromatic rings. The number of hydrogen-bond acceptors (Lipinski definition) is 3. The molecule has 2 aromatic heterocycles. The van der Waals surface area contributed by atoms with Crippen LogP contribution in [0.3, 0.4) is 0 Å². The lowest BCUT2D eigenvalue weighted by molar-refractivity contribution is 0.569. The van der Waals surface area contributed by atoms with Crippen LogP contribution in [-0.4, -0.2) is 0 Å². The summed E-state index contributed by atoms with van der Waals surface area (Å²) < 4.78 is 12.8. The summed E-state index contributed by atoms with van der Waals surface area (Å²) in [6.45, 7) is 13.9. The number of rotatable bonds is 7. The summed E-state index contributed by atoms with van der Waals surface area (Å²) in [7, 11) is 0. The van der Waals surface area contributed by atoms with Gasteiger partial charge in [-0.2, -0.15) is 0 Å². The lowest BCUT2D eigenvalue weighted by atomic mass is 9.78. The van der Waals surface area contributed by atoms with Gasteiger partial charge in [-0.1, -0.05) is 199 Å². The highest BCUT2D eigenvalue weighted by molar-refractivity contribution is 6.15. The number of furan rings is 2. The summed E-state index contributed by atoms with van der Waals surface area (Å²) in [6, 6.07) is 77.3. The zero-order valence-corrected chi connectivity index (χ0v) is 40.0. The molecule has 0 N–H and O–H groups in total. The Bertz CT molecular complexity index is 3910. The van der Waals surface area contributed by atoms with E-state index in [1.807, 2.05) is 18.2 Å². The maximum absolute atomic E-state index is 6.50. The molecule has 0 saturated carbocycles. The number of nitrogens with zero attached hydrogens (tertiary/aromatic N) is 1. The van der Waals surface area contributed by atoms with E-state index in [0.29, 0.717) is 0 Å². The quantitative estimate of drug-likeness (QED) is 0.160. The van der Waals surface area contributed by atoms with Crippen LogP contribution in [0.1, 0.15) is 52.7 Å². The molecule has 0 bridgehead atoms. The molecule has 334 valence electrons. The van der Waals surface area contributed by atoms with Crippen molar-refractivity contribution in [1.82, 2.24) is 0 Å². The molecule has 0 aliphatic carbocycles. The van der Waals surface area contributed by atoms with E-state index in [2.05, 4.69) is 241 Å². The third-order valence-corrected chi connectivity index (χ3v) is 14.0. The first-order chi connectivity index (χ1) is 33.5. The largest absolute Gasteiger partial charge is 0.456 e. The Kier molecular flexibility index (Phi) is 9.97. The Balaban J connectivity index is 1.11. The first-order valence-corrected chi connectivity index (χ1v) is 24.1. The van der Waals surface area contributed by atoms with Crippen molar-refractivity contribution in [2.75, 3.05) is 4.90 Å². The minimum atomic E-state index is -0.0242. The van der Waals surface area contributed by atoms with Gasteiger partial charge in [0, 0.05) is 38.4 Å². The number of para-hydroxylation sites is 4. The molecule has 0 amide bonds. The Morgan fingerprint density at radius 2 is 0.812 bits per heavy atom. The van der Waals surface area contributed by atoms with Gasteiger partial charge in [-0.25, -0.2) is 0 Å². The second-order valence-electron chi connectivity index (χ2n) is 20.5. The van der Waals surface area contributed by atoms with E-state index in [9.17, 15) is 0 Å². The van der Waals surface area contributed by atoms with Crippen molar-refractivity contribution < 1.29 is 8.83 Å². The summed E-state index contributed by atoms with van der Waals surface area (Å²) in [5.41, 5.74) is 18.6. The molecular formula is C66H53NO2. The van der Waals surface area contributed by atoms with E-state index in [1.165, 1.54) is 38.6 Å². The molecule has 0 radical (unpaired) electrons. The Labute approximate surface area is 403 Å². The van der Waals surface area contributed by atoms with E-state index < -0.39 is 0 Å². The van der Waals surface area contributed by atoms with Crippen LogP contribution in [0.5, 0.6) is 0 Å². The van der Waals surface area contributed by atoms with Gasteiger partial charge in [0.2, 0.25) is 0 Å². The van der Waals surface area contributed by atoms with Crippen LogP contribution in [0.4, 0.5) is 17.1 Å². The summed E-state index contributed by atoms with van der Waals surface area (Å²) in [4.78, 5) is 2.47. The topological polar surface area (TPSA) is 29.5 Å². The van der Waals surface area contributed by atoms with E-state index >= 15 is 0 Å². The fourth-order valence-corrected chi connectivity index (χ4v) is 10.4. The minimum absolute atomic E-state index is 0.0242. The van der Waals surface area contributed by atoms with Crippen molar-refractivity contribution in [2.24, 2.45) is 0 Å². The third kappa shape index (κ3) is 7.37. The van der Waals surface area contributed by atoms with Gasteiger partial charge in [-0.15, -0.1) is 0 Å². The average molecular weight is 892 g/mol. The van der Waals surface area contributed by atoms with Crippen molar-refractivity contribution in [2.45, 2.75) is 52.4 Å². The molecule has 0 aliphatic heterocycles. The fourth-order valence-electron chi connectivity index (χ4n) is 10.4. The van der Waals surface area contributed by atoms with Crippen LogP contribution >= 0.6 is 0 Å². The van der Waals surface area contributed by atoms with Gasteiger partial charge in [0.1, 0.15) is 22.3 Å². The van der Waals surface area contributed by atoms with Crippen molar-refractivity contribution in [3.63, 3.8) is 0 Å². The molecule has 0 saturated heterocycles. The Hall–Kier alpha value is -8.14. The lowest BCUT2D eigenvalue weighted by Gasteiger charge is -2.31. The maximum atomic E-state index is 6.50. The average Bonchev–Trinajstić information content (AvgIpc) is 3.94. The van der Waals surface area contributed by atoms with Gasteiger partial charge in [-0.05, 0) is 121 Å². The van der Waals surface area contributed by atoms with Crippen LogP contribution in [0, 0.1) is 0 Å². The molecule has 69 heavy (non-hydrogen) atoms. The van der Waals surface area contributed by atoms with Crippen LogP contribution in [-0.2, 0) is 10.8 Å². The van der Waals surface area contributed by atoms with Crippen LogP contribution in [0.15, 0.2) is 221 Å². The summed E-state index contributed by atoms with van der Waals surface area (Å²) in [5, 5.41) is 6.86. The standard InChI is InChI=1S/C66H53NO2/c1-65(2,3)46-37-45(38-47(41-46)66(4,5)6)49-27-16-19-42-20-17-28-53(63(42)49)50-23-7-11-30-57(50)67(48-22-15-21-43(39-48)44-35-36-61-56(40-44)52-25-9-13-32-59(52)68-61)58-31-12-8-24-51(58)54-29-18-34-62-64(54)55-26-10-14-33-60(55)69-62/h7-41H,1-6H3. The van der Waals surface area contributed by atoms with Crippen molar-refractivity contribution in [3.8, 4) is 44.5 Å². The molecule has 0 spiro atoms. The van der Waals surface area contributed by atoms with Crippen molar-refractivity contribution in [1.29, 1.82) is 0 Å². The summed E-state index contributed by atoms with van der Waals surface area (Å²) >= 11 is 0. The molecule has 2 heterocycles. The molecule has 0 atom stereocenters. The molecule has 12 rings (SSSR count). The van der Waals surface area contributed by atoms with Gasteiger partial charge in [0.15, 0.2) is 0 Å². The second kappa shape index (κ2) is 16.3. The monoisotopic (exact) mass is 891 g/mol. The first kappa shape index (κ1) is 42.2. The first-order valence-electron chi connectivity index (χ1n) is 24.1. The Morgan fingerprint density at radius 1 is 0.319 bits per heavy atom. The predicted molar refractivity (Wildman–Crippen MR) is 292 cm³/mol. The van der Waals surface area contributed by atoms with Gasteiger partial charge >= 0.3 is 0 Å². The lowest BCUT2D eigenvalue weighted by Crippen LogP contribution is -2.16. The predicted octanol–water partition coefficient (Wildman–Crippen LogP) is 19.4. The Morgan fingerprint density at radius 3 is 1.49 bits per heavy atom. The van der Waals surface area contributed by atoms with E-state index in [-0.39, 0.29) is 10.8 Å². The maximum Gasteiger partial charge on any atom is 0.136 e. The second-order valence-corrected chi connectivity index (χ2v) is 20.5. The zero-order valence-electron chi connectivity index (χ0n) is 40.0. The van der Waals surface area contributed by atoms with Crippen LogP contribution in [0.25, 0.3) is 99.2 Å². The molecule has 3 heteroatoms. The number of benzene rings is 10. The molecular weight excluding hydrogens is 839 g/mol. The van der Waals surface area contributed by atoms with Crippen LogP contribution in [0.2, 0.25) is 0 Å². The van der Waals surface area contributed by atoms with Crippen LogP contribution < -0.4 is 4.90 Å². The van der Waals surface area contributed by atoms with Crippen molar-refractivity contribution in [3.05, 3.63) is 223 Å². The molecule has 0 unspecified atom stereocenters. The third-order valence-electron chi connectivity index (χ3n) is 14.0. The molecule has 0 aliphatic rings. The SMILES string of the molecule is CC(C)(C)c1cc(-c2cccc3cccc(-c4ccccc4N(c4cccc(-c5ccc6oc7ccccc7c6c5)c4)c4ccccc4-c4cccc5oc6ccccc6c45)c23)cc(C(C)(C)C)c1. The van der Waals surface area contributed by atoms with Gasteiger partial charge in [-0.3, -0.25) is 0 Å². The van der Waals surface area contributed by atoms with Gasteiger partial charge in [0.05, 0.1) is 11.4 Å². The van der Waals surface area contributed by atoms with E-state index in [4.69, 9.17) is 8.83 Å². The highest BCUT2D eigenvalue weighted by Gasteiger charge is 2.26. The highest BCUT2D eigenvalue weighted by atomic mass is 16.3. The number of fused-ring (bicyclic) bond motifs is 7. The molecule has 3 nitrogen and oxygen atoms in total. The van der Waals surface area contributed by atoms with Crippen molar-refractivity contribution >= 4 is 71.7 Å².